The van der Waals surface area contributed by atoms with Crippen LogP contribution in [-0.2, 0) is 0 Å². The largest absolute Gasteiger partial charge is 0.371 e. The van der Waals surface area contributed by atoms with Gasteiger partial charge in [-0.3, -0.25) is 0 Å². The molecule has 2 heterocycles. The second kappa shape index (κ2) is 3.90. The van der Waals surface area contributed by atoms with Crippen molar-refractivity contribution in [3.05, 3.63) is 23.5 Å². The van der Waals surface area contributed by atoms with Crippen LogP contribution < -0.4 is 10.6 Å². The highest BCUT2D eigenvalue weighted by Crippen LogP contribution is 2.37. The maximum atomic E-state index is 6.19. The first-order chi connectivity index (χ1) is 7.74. The SMILES string of the molecule is N[C@H]1[C@@H]2CC[C@H]1CN(c1ccnc(Cl)c1)C2. The van der Waals surface area contributed by atoms with Gasteiger partial charge >= 0.3 is 0 Å². The van der Waals surface area contributed by atoms with Gasteiger partial charge in [0.1, 0.15) is 5.15 Å². The maximum Gasteiger partial charge on any atom is 0.131 e. The molecule has 16 heavy (non-hydrogen) atoms. The molecule has 3 rings (SSSR count). The lowest BCUT2D eigenvalue weighted by atomic mass is 9.93. The van der Waals surface area contributed by atoms with E-state index in [0.29, 0.717) is 23.0 Å². The van der Waals surface area contributed by atoms with Gasteiger partial charge in [0.25, 0.3) is 0 Å². The topological polar surface area (TPSA) is 42.1 Å². The van der Waals surface area contributed by atoms with E-state index in [0.717, 1.165) is 13.1 Å². The summed E-state index contributed by atoms with van der Waals surface area (Å²) in [7, 11) is 0. The predicted molar refractivity (Wildman–Crippen MR) is 65.6 cm³/mol. The molecule has 0 aromatic carbocycles. The highest BCUT2D eigenvalue weighted by molar-refractivity contribution is 6.29. The Kier molecular flexibility index (Phi) is 2.52. The molecule has 1 saturated heterocycles. The standard InChI is InChI=1S/C12H16ClN3/c13-11-5-10(3-4-15-11)16-6-8-1-2-9(7-16)12(8)14/h3-5,8-9,12H,1-2,6-7,14H2/t8-,9+,12+. The summed E-state index contributed by atoms with van der Waals surface area (Å²) < 4.78 is 0. The predicted octanol–water partition coefficient (Wildman–Crippen LogP) is 1.91. The molecule has 1 aromatic rings. The van der Waals surface area contributed by atoms with Crippen LogP contribution in [0.15, 0.2) is 18.3 Å². The van der Waals surface area contributed by atoms with E-state index in [1.807, 2.05) is 12.1 Å². The van der Waals surface area contributed by atoms with E-state index in [9.17, 15) is 0 Å². The molecule has 2 aliphatic rings. The fraction of sp³-hybridized carbons (Fsp3) is 0.583. The number of hydrogen-bond donors (Lipinski definition) is 1. The summed E-state index contributed by atoms with van der Waals surface area (Å²) in [5, 5.41) is 0.569. The van der Waals surface area contributed by atoms with Gasteiger partial charge in [0.2, 0.25) is 0 Å². The summed E-state index contributed by atoms with van der Waals surface area (Å²) in [6.07, 6.45) is 4.33. The Labute approximate surface area is 101 Å². The summed E-state index contributed by atoms with van der Waals surface area (Å²) in [5.74, 6) is 1.32. The third-order valence-corrected chi connectivity index (χ3v) is 4.19. The number of fused-ring (bicyclic) bond motifs is 2. The van der Waals surface area contributed by atoms with Crippen LogP contribution >= 0.6 is 11.6 Å². The van der Waals surface area contributed by atoms with E-state index >= 15 is 0 Å². The Bertz CT molecular complexity index is 382. The summed E-state index contributed by atoms with van der Waals surface area (Å²) in [5.41, 5.74) is 7.37. The Morgan fingerprint density at radius 3 is 2.62 bits per heavy atom. The minimum Gasteiger partial charge on any atom is -0.371 e. The Hall–Kier alpha value is -0.800. The zero-order valence-corrected chi connectivity index (χ0v) is 9.90. The summed E-state index contributed by atoms with van der Waals surface area (Å²) in [6.45, 7) is 2.13. The fourth-order valence-corrected chi connectivity index (χ4v) is 3.23. The molecule has 1 aliphatic heterocycles. The van der Waals surface area contributed by atoms with E-state index in [4.69, 9.17) is 17.3 Å². The number of pyridine rings is 1. The molecule has 1 aliphatic carbocycles. The van der Waals surface area contributed by atoms with E-state index in [1.165, 1.54) is 18.5 Å². The van der Waals surface area contributed by atoms with Crippen LogP contribution in [0.5, 0.6) is 0 Å². The molecule has 2 fully saturated rings. The third kappa shape index (κ3) is 1.68. The normalized spacial score (nSPS) is 33.1. The van der Waals surface area contributed by atoms with Gasteiger partial charge in [0.05, 0.1) is 0 Å². The monoisotopic (exact) mass is 237 g/mol. The highest BCUT2D eigenvalue weighted by atomic mass is 35.5. The molecule has 0 unspecified atom stereocenters. The average molecular weight is 238 g/mol. The van der Waals surface area contributed by atoms with Gasteiger partial charge in [-0.05, 0) is 36.8 Å². The second-order valence-electron chi connectivity index (χ2n) is 4.92. The molecule has 0 spiro atoms. The molecular formula is C12H16ClN3. The van der Waals surface area contributed by atoms with E-state index in [2.05, 4.69) is 9.88 Å². The van der Waals surface area contributed by atoms with Gasteiger partial charge in [0.15, 0.2) is 0 Å². The van der Waals surface area contributed by atoms with Crippen molar-refractivity contribution >= 4 is 17.3 Å². The number of halogens is 1. The molecule has 2 N–H and O–H groups in total. The molecule has 3 atom stereocenters. The van der Waals surface area contributed by atoms with E-state index in [-0.39, 0.29) is 0 Å². The van der Waals surface area contributed by atoms with E-state index < -0.39 is 0 Å². The lowest BCUT2D eigenvalue weighted by molar-refractivity contribution is 0.356. The first-order valence-electron chi connectivity index (χ1n) is 5.86. The van der Waals surface area contributed by atoms with Crippen LogP contribution in [0.2, 0.25) is 5.15 Å². The second-order valence-corrected chi connectivity index (χ2v) is 5.30. The van der Waals surface area contributed by atoms with Crippen molar-refractivity contribution in [1.82, 2.24) is 4.98 Å². The Morgan fingerprint density at radius 1 is 1.31 bits per heavy atom. The number of rotatable bonds is 1. The van der Waals surface area contributed by atoms with Crippen molar-refractivity contribution in [2.45, 2.75) is 18.9 Å². The third-order valence-electron chi connectivity index (χ3n) is 3.98. The van der Waals surface area contributed by atoms with Gasteiger partial charge in [-0.15, -0.1) is 0 Å². The average Bonchev–Trinajstić information content (AvgIpc) is 2.53. The van der Waals surface area contributed by atoms with Gasteiger partial charge < -0.3 is 10.6 Å². The molecule has 2 bridgehead atoms. The number of nitrogens with zero attached hydrogens (tertiary/aromatic N) is 2. The highest BCUT2D eigenvalue weighted by Gasteiger charge is 2.39. The van der Waals surface area contributed by atoms with Crippen LogP contribution in [0.4, 0.5) is 5.69 Å². The minimum absolute atomic E-state index is 0.411. The Balaban J connectivity index is 1.83. The van der Waals surface area contributed by atoms with E-state index in [1.54, 1.807) is 6.20 Å². The van der Waals surface area contributed by atoms with Gasteiger partial charge in [-0.1, -0.05) is 11.6 Å². The smallest absolute Gasteiger partial charge is 0.131 e. The number of aromatic nitrogens is 1. The zero-order valence-electron chi connectivity index (χ0n) is 9.14. The quantitative estimate of drug-likeness (QED) is 0.759. The number of anilines is 1. The molecule has 3 nitrogen and oxygen atoms in total. The van der Waals surface area contributed by atoms with Crippen LogP contribution in [0, 0.1) is 11.8 Å². The van der Waals surface area contributed by atoms with Crippen LogP contribution in [0.3, 0.4) is 0 Å². The van der Waals surface area contributed by atoms with Crippen LogP contribution in [0.1, 0.15) is 12.8 Å². The molecule has 0 radical (unpaired) electrons. The van der Waals surface area contributed by atoms with Gasteiger partial charge in [-0.25, -0.2) is 4.98 Å². The molecule has 0 amide bonds. The van der Waals surface area contributed by atoms with Crippen molar-refractivity contribution in [2.24, 2.45) is 17.6 Å². The molecule has 1 aromatic heterocycles. The lowest BCUT2D eigenvalue weighted by Crippen LogP contribution is -2.48. The zero-order chi connectivity index (χ0) is 11.1. The van der Waals surface area contributed by atoms with Gasteiger partial charge in [-0.2, -0.15) is 0 Å². The number of hydrogen-bond acceptors (Lipinski definition) is 3. The fourth-order valence-electron chi connectivity index (χ4n) is 3.06. The molecular weight excluding hydrogens is 222 g/mol. The maximum absolute atomic E-state index is 6.19. The van der Waals surface area contributed by atoms with Gasteiger partial charge in [0, 0.05) is 31.0 Å². The summed E-state index contributed by atoms with van der Waals surface area (Å²) in [4.78, 5) is 6.42. The molecule has 1 saturated carbocycles. The van der Waals surface area contributed by atoms with Crippen molar-refractivity contribution in [3.63, 3.8) is 0 Å². The number of nitrogens with two attached hydrogens (primary N) is 1. The minimum atomic E-state index is 0.411. The van der Waals surface area contributed by atoms with Crippen LogP contribution in [-0.4, -0.2) is 24.1 Å². The first kappa shape index (κ1) is 10.4. The van der Waals surface area contributed by atoms with Crippen molar-refractivity contribution in [2.75, 3.05) is 18.0 Å². The summed E-state index contributed by atoms with van der Waals surface area (Å²) in [6, 6.07) is 4.38. The first-order valence-corrected chi connectivity index (χ1v) is 6.24. The lowest BCUT2D eigenvalue weighted by Gasteiger charge is -2.37. The van der Waals surface area contributed by atoms with Crippen molar-refractivity contribution in [1.29, 1.82) is 0 Å². The van der Waals surface area contributed by atoms with Crippen LogP contribution in [0.25, 0.3) is 0 Å². The Morgan fingerprint density at radius 2 is 2.00 bits per heavy atom. The number of piperidine rings is 1. The molecule has 4 heteroatoms. The van der Waals surface area contributed by atoms with Crippen molar-refractivity contribution < 1.29 is 0 Å². The van der Waals surface area contributed by atoms with Crippen molar-refractivity contribution in [3.8, 4) is 0 Å². The summed E-state index contributed by atoms with van der Waals surface area (Å²) >= 11 is 5.92. The molecule has 86 valence electrons.